The molecular formula is C19H22N4OS. The summed E-state index contributed by atoms with van der Waals surface area (Å²) in [6.45, 7) is 2.98. The van der Waals surface area contributed by atoms with Crippen molar-refractivity contribution in [3.8, 4) is 11.4 Å². The second-order valence-electron chi connectivity index (χ2n) is 6.79. The zero-order valence-electron chi connectivity index (χ0n) is 14.6. The van der Waals surface area contributed by atoms with Gasteiger partial charge in [0, 0.05) is 36.4 Å². The van der Waals surface area contributed by atoms with Crippen LogP contribution in [0.4, 0.5) is 5.82 Å². The first-order chi connectivity index (χ1) is 12.2. The van der Waals surface area contributed by atoms with Gasteiger partial charge in [0.1, 0.15) is 10.6 Å². The molecule has 1 atom stereocenters. The molecule has 0 fully saturated rings. The number of aryl methyl sites for hydroxylation is 1. The molecule has 1 aliphatic carbocycles. The molecule has 0 aromatic carbocycles. The molecule has 0 aliphatic heterocycles. The van der Waals surface area contributed by atoms with Gasteiger partial charge in [-0.1, -0.05) is 6.92 Å². The highest BCUT2D eigenvalue weighted by atomic mass is 32.1. The Morgan fingerprint density at radius 3 is 3.00 bits per heavy atom. The van der Waals surface area contributed by atoms with Gasteiger partial charge in [-0.05, 0) is 42.9 Å². The summed E-state index contributed by atoms with van der Waals surface area (Å²) >= 11 is 1.80. The highest BCUT2D eigenvalue weighted by Gasteiger charge is 2.25. The van der Waals surface area contributed by atoms with Crippen LogP contribution >= 0.6 is 11.3 Å². The van der Waals surface area contributed by atoms with Gasteiger partial charge >= 0.3 is 0 Å². The van der Waals surface area contributed by atoms with Gasteiger partial charge < -0.3 is 10.0 Å². The molecule has 0 unspecified atom stereocenters. The van der Waals surface area contributed by atoms with Crippen molar-refractivity contribution in [1.82, 2.24) is 15.0 Å². The van der Waals surface area contributed by atoms with Gasteiger partial charge in [-0.2, -0.15) is 0 Å². The first-order valence-electron chi connectivity index (χ1n) is 8.72. The summed E-state index contributed by atoms with van der Waals surface area (Å²) in [6.07, 6.45) is 6.98. The van der Waals surface area contributed by atoms with E-state index in [9.17, 15) is 5.11 Å². The highest BCUT2D eigenvalue weighted by Crippen LogP contribution is 2.41. The predicted molar refractivity (Wildman–Crippen MR) is 102 cm³/mol. The Balaban J connectivity index is 1.93. The van der Waals surface area contributed by atoms with E-state index in [-0.39, 0.29) is 6.61 Å². The van der Waals surface area contributed by atoms with E-state index in [1.165, 1.54) is 22.2 Å². The molecule has 0 spiro atoms. The second kappa shape index (κ2) is 6.69. The maximum atomic E-state index is 9.39. The fraction of sp³-hybridized carbons (Fsp3) is 0.421. The molecular weight excluding hydrogens is 332 g/mol. The van der Waals surface area contributed by atoms with E-state index < -0.39 is 0 Å². The number of likely N-dealkylation sites (N-methyl/N-ethyl adjacent to an activating group) is 1. The lowest BCUT2D eigenvalue weighted by Gasteiger charge is -2.21. The predicted octanol–water partition coefficient (Wildman–Crippen LogP) is 3.31. The number of aliphatic hydroxyl groups is 1. The molecule has 25 heavy (non-hydrogen) atoms. The fourth-order valence-electron chi connectivity index (χ4n) is 3.48. The van der Waals surface area contributed by atoms with Crippen LogP contribution in [-0.2, 0) is 12.8 Å². The van der Waals surface area contributed by atoms with Crippen molar-refractivity contribution in [2.45, 2.75) is 26.2 Å². The number of nitrogens with zero attached hydrogens (tertiary/aromatic N) is 4. The lowest BCUT2D eigenvalue weighted by molar-refractivity contribution is 0.304. The van der Waals surface area contributed by atoms with Crippen molar-refractivity contribution < 1.29 is 5.11 Å². The molecule has 1 N–H and O–H groups in total. The number of hydrogen-bond acceptors (Lipinski definition) is 6. The second-order valence-corrected chi connectivity index (χ2v) is 7.87. The summed E-state index contributed by atoms with van der Waals surface area (Å²) in [5.41, 5.74) is 2.33. The van der Waals surface area contributed by atoms with Crippen LogP contribution in [0.25, 0.3) is 21.6 Å². The van der Waals surface area contributed by atoms with Gasteiger partial charge in [0.15, 0.2) is 5.82 Å². The van der Waals surface area contributed by atoms with Crippen molar-refractivity contribution in [2.24, 2.45) is 5.92 Å². The molecule has 4 rings (SSSR count). The van der Waals surface area contributed by atoms with Crippen LogP contribution in [0, 0.1) is 5.92 Å². The lowest BCUT2D eigenvalue weighted by Crippen LogP contribution is -2.23. The third kappa shape index (κ3) is 3.00. The average Bonchev–Trinajstić information content (AvgIpc) is 2.99. The Bertz CT molecular complexity index is 893. The zero-order chi connectivity index (χ0) is 17.4. The van der Waals surface area contributed by atoms with E-state index in [1.54, 1.807) is 23.7 Å². The van der Waals surface area contributed by atoms with Gasteiger partial charge in [-0.3, -0.25) is 4.98 Å². The van der Waals surface area contributed by atoms with Crippen LogP contribution in [-0.4, -0.2) is 40.3 Å². The third-order valence-electron chi connectivity index (χ3n) is 4.85. The smallest absolute Gasteiger partial charge is 0.164 e. The number of pyridine rings is 1. The summed E-state index contributed by atoms with van der Waals surface area (Å²) in [5, 5.41) is 10.6. The summed E-state index contributed by atoms with van der Waals surface area (Å²) in [4.78, 5) is 18.4. The molecule has 0 saturated heterocycles. The molecule has 0 saturated carbocycles. The van der Waals surface area contributed by atoms with Crippen molar-refractivity contribution in [1.29, 1.82) is 0 Å². The molecule has 130 valence electrons. The Kier molecular flexibility index (Phi) is 4.39. The van der Waals surface area contributed by atoms with Gasteiger partial charge in [0.25, 0.3) is 0 Å². The van der Waals surface area contributed by atoms with Crippen molar-refractivity contribution >= 4 is 27.4 Å². The number of hydrogen-bond donors (Lipinski definition) is 1. The van der Waals surface area contributed by atoms with E-state index in [1.807, 2.05) is 24.1 Å². The number of anilines is 1. The van der Waals surface area contributed by atoms with Crippen molar-refractivity contribution in [2.75, 3.05) is 25.1 Å². The summed E-state index contributed by atoms with van der Waals surface area (Å²) in [7, 11) is 1.99. The topological polar surface area (TPSA) is 62.1 Å². The van der Waals surface area contributed by atoms with Gasteiger partial charge in [-0.25, -0.2) is 9.97 Å². The molecule has 5 nitrogen and oxygen atoms in total. The minimum Gasteiger partial charge on any atom is -0.395 e. The molecule has 0 amide bonds. The van der Waals surface area contributed by atoms with E-state index in [0.717, 1.165) is 35.0 Å². The van der Waals surface area contributed by atoms with E-state index in [4.69, 9.17) is 9.97 Å². The lowest BCUT2D eigenvalue weighted by atomic mass is 9.89. The minimum absolute atomic E-state index is 0.105. The zero-order valence-corrected chi connectivity index (χ0v) is 15.4. The first kappa shape index (κ1) is 16.4. The molecule has 3 heterocycles. The average molecular weight is 354 g/mol. The molecule has 3 aromatic heterocycles. The van der Waals surface area contributed by atoms with Crippen LogP contribution in [0.5, 0.6) is 0 Å². The third-order valence-corrected chi connectivity index (χ3v) is 6.00. The maximum absolute atomic E-state index is 9.39. The van der Waals surface area contributed by atoms with Crippen LogP contribution in [0.2, 0.25) is 0 Å². The van der Waals surface area contributed by atoms with Gasteiger partial charge in [-0.15, -0.1) is 11.3 Å². The highest BCUT2D eigenvalue weighted by molar-refractivity contribution is 7.19. The largest absolute Gasteiger partial charge is 0.395 e. The number of aromatic nitrogens is 3. The summed E-state index contributed by atoms with van der Waals surface area (Å²) in [5.74, 6) is 2.35. The van der Waals surface area contributed by atoms with E-state index in [2.05, 4.69) is 11.9 Å². The fourth-order valence-corrected chi connectivity index (χ4v) is 4.86. The SMILES string of the molecule is C[C@H]1CCc2c(sc3nc(-c4cccnc4)nc(N(C)CCO)c23)C1. The van der Waals surface area contributed by atoms with Crippen molar-refractivity contribution in [3.05, 3.63) is 35.0 Å². The Morgan fingerprint density at radius 1 is 1.36 bits per heavy atom. The standard InChI is InChI=1S/C19H22N4OS/c1-12-5-6-14-15(10-12)25-19-16(14)18(23(2)8-9-24)21-17(22-19)13-4-3-7-20-11-13/h3-4,7,11-12,24H,5-6,8-10H2,1-2H3/t12-/m0/s1. The van der Waals surface area contributed by atoms with Gasteiger partial charge in [0.2, 0.25) is 0 Å². The quantitative estimate of drug-likeness (QED) is 0.779. The van der Waals surface area contributed by atoms with Crippen LogP contribution < -0.4 is 4.90 Å². The molecule has 1 aliphatic rings. The maximum Gasteiger partial charge on any atom is 0.164 e. The molecule has 3 aromatic rings. The van der Waals surface area contributed by atoms with Crippen molar-refractivity contribution in [3.63, 3.8) is 0 Å². The van der Waals surface area contributed by atoms with E-state index >= 15 is 0 Å². The Hall–Kier alpha value is -2.05. The first-order valence-corrected chi connectivity index (χ1v) is 9.53. The van der Waals surface area contributed by atoms with Gasteiger partial charge in [0.05, 0.1) is 12.0 Å². The van der Waals surface area contributed by atoms with Crippen LogP contribution in [0.1, 0.15) is 23.8 Å². The molecule has 0 radical (unpaired) electrons. The number of aliphatic hydroxyl groups excluding tert-OH is 1. The van der Waals surface area contributed by atoms with E-state index in [0.29, 0.717) is 12.4 Å². The monoisotopic (exact) mass is 354 g/mol. The number of fused-ring (bicyclic) bond motifs is 3. The van der Waals surface area contributed by atoms with Crippen LogP contribution in [0.15, 0.2) is 24.5 Å². The van der Waals surface area contributed by atoms with Crippen LogP contribution in [0.3, 0.4) is 0 Å². The Labute approximate surface area is 151 Å². The number of rotatable bonds is 4. The molecule has 0 bridgehead atoms. The summed E-state index contributed by atoms with van der Waals surface area (Å²) in [6, 6.07) is 3.89. The normalized spacial score (nSPS) is 16.8. The molecule has 6 heteroatoms. The Morgan fingerprint density at radius 2 is 2.24 bits per heavy atom. The summed E-state index contributed by atoms with van der Waals surface area (Å²) < 4.78 is 0. The minimum atomic E-state index is 0.105. The number of thiophene rings is 1.